The second-order valence-electron chi connectivity index (χ2n) is 9.42. The molecule has 3 N–H and O–H groups in total. The number of pyridine rings is 1. The first-order valence-corrected chi connectivity index (χ1v) is 12.7. The summed E-state index contributed by atoms with van der Waals surface area (Å²) in [5, 5.41) is 3.02. The second-order valence-corrected chi connectivity index (χ2v) is 9.42. The number of rotatable bonds is 6. The highest BCUT2D eigenvalue weighted by Gasteiger charge is 2.37. The molecule has 0 aliphatic heterocycles. The molecular weight excluding hydrogens is 572 g/mol. The molecule has 2 aromatic heterocycles. The molecule has 0 atom stereocenters. The zero-order valence-electron chi connectivity index (χ0n) is 22.3. The molecule has 2 heterocycles. The Kier molecular flexibility index (Phi) is 7.61. The van der Waals surface area contributed by atoms with E-state index in [0.717, 1.165) is 18.2 Å². The molecule has 0 radical (unpaired) electrons. The molecule has 0 fully saturated rings. The lowest BCUT2D eigenvalue weighted by molar-refractivity contribution is -0.137. The Bertz CT molecular complexity index is 1820. The van der Waals surface area contributed by atoms with Gasteiger partial charge in [0.1, 0.15) is 12.1 Å². The number of carbonyl (C=O) groups is 1. The van der Waals surface area contributed by atoms with Crippen molar-refractivity contribution < 1.29 is 31.1 Å². The molecule has 0 unspecified atom stereocenters. The lowest BCUT2D eigenvalue weighted by Gasteiger charge is -2.24. The summed E-state index contributed by atoms with van der Waals surface area (Å²) < 4.78 is 85.0. The first kappa shape index (κ1) is 29.2. The summed E-state index contributed by atoms with van der Waals surface area (Å²) >= 11 is 0. The van der Waals surface area contributed by atoms with Crippen LogP contribution in [0.1, 0.15) is 27.0 Å². The standard InChI is InChI=1S/C31H21F6N5O/c1-17-21(18-7-2-4-10-23(18)30(32,33)34)15-22(28(38)43)26(19-8-3-5-11-24(19)31(35,36)37)27(17)42-29-20(9-6-13-40-29)25-12-14-39-16-41-25/h2-16H,1H3,(H2,38,43)(H,40,42). The topological polar surface area (TPSA) is 93.8 Å². The van der Waals surface area contributed by atoms with Crippen LogP contribution in [-0.2, 0) is 12.4 Å². The van der Waals surface area contributed by atoms with Gasteiger partial charge in [0.2, 0.25) is 5.91 Å². The van der Waals surface area contributed by atoms with Crippen LogP contribution in [0.25, 0.3) is 33.5 Å². The van der Waals surface area contributed by atoms with Crippen molar-refractivity contribution >= 4 is 17.4 Å². The van der Waals surface area contributed by atoms with Gasteiger partial charge in [-0.2, -0.15) is 26.3 Å². The molecule has 5 aromatic rings. The Hall–Kier alpha value is -5.26. The number of benzene rings is 3. The summed E-state index contributed by atoms with van der Waals surface area (Å²) in [5.41, 5.74) is 3.10. The number of carbonyl (C=O) groups excluding carboxylic acids is 1. The quantitative estimate of drug-likeness (QED) is 0.194. The maximum atomic E-state index is 14.3. The molecule has 0 saturated carbocycles. The number of nitrogens with one attached hydrogen (secondary N) is 1. The minimum Gasteiger partial charge on any atom is -0.366 e. The minimum absolute atomic E-state index is 0.0583. The number of hydrogen-bond donors (Lipinski definition) is 2. The van der Waals surface area contributed by atoms with Crippen LogP contribution in [0, 0.1) is 6.92 Å². The van der Waals surface area contributed by atoms with Crippen LogP contribution in [0.5, 0.6) is 0 Å². The van der Waals surface area contributed by atoms with E-state index in [9.17, 15) is 31.1 Å². The van der Waals surface area contributed by atoms with Gasteiger partial charge in [0.25, 0.3) is 0 Å². The van der Waals surface area contributed by atoms with Crippen LogP contribution in [0.4, 0.5) is 37.8 Å². The van der Waals surface area contributed by atoms with Crippen molar-refractivity contribution in [2.75, 3.05) is 5.32 Å². The first-order chi connectivity index (χ1) is 20.4. The number of nitrogens with two attached hydrogens (primary N) is 1. The largest absolute Gasteiger partial charge is 0.417 e. The average molecular weight is 594 g/mol. The summed E-state index contributed by atoms with van der Waals surface area (Å²) in [6, 6.07) is 15.2. The second kappa shape index (κ2) is 11.2. The fourth-order valence-electron chi connectivity index (χ4n) is 4.89. The third-order valence-corrected chi connectivity index (χ3v) is 6.79. The zero-order chi connectivity index (χ0) is 30.9. The smallest absolute Gasteiger partial charge is 0.366 e. The number of hydrogen-bond acceptors (Lipinski definition) is 5. The van der Waals surface area contributed by atoms with Crippen LogP contribution in [0.3, 0.4) is 0 Å². The lowest BCUT2D eigenvalue weighted by Crippen LogP contribution is -2.17. The number of alkyl halides is 6. The van der Waals surface area contributed by atoms with E-state index >= 15 is 0 Å². The van der Waals surface area contributed by atoms with E-state index in [0.29, 0.717) is 11.3 Å². The molecule has 0 aliphatic rings. The third-order valence-electron chi connectivity index (χ3n) is 6.79. The van der Waals surface area contributed by atoms with E-state index in [2.05, 4.69) is 20.3 Å². The van der Waals surface area contributed by atoms with Crippen LogP contribution < -0.4 is 11.1 Å². The van der Waals surface area contributed by atoms with Gasteiger partial charge >= 0.3 is 12.4 Å². The van der Waals surface area contributed by atoms with Gasteiger partial charge in [0.15, 0.2) is 0 Å². The Balaban J connectivity index is 1.89. The van der Waals surface area contributed by atoms with Gasteiger partial charge in [-0.25, -0.2) is 15.0 Å². The van der Waals surface area contributed by atoms with Crippen molar-refractivity contribution in [2.24, 2.45) is 5.73 Å². The lowest BCUT2D eigenvalue weighted by atomic mass is 9.85. The SMILES string of the molecule is Cc1c(-c2ccccc2C(F)(F)F)cc(C(N)=O)c(-c2ccccc2C(F)(F)F)c1Nc1ncccc1-c1ccncn1. The van der Waals surface area contributed by atoms with E-state index in [1.54, 1.807) is 18.2 Å². The minimum atomic E-state index is -4.84. The molecule has 5 rings (SSSR count). The fourth-order valence-corrected chi connectivity index (χ4v) is 4.89. The van der Waals surface area contributed by atoms with Gasteiger partial charge < -0.3 is 11.1 Å². The maximum Gasteiger partial charge on any atom is 0.417 e. The molecule has 6 nitrogen and oxygen atoms in total. The maximum absolute atomic E-state index is 14.3. The number of halogens is 6. The van der Waals surface area contributed by atoms with Gasteiger partial charge in [-0.3, -0.25) is 4.79 Å². The van der Waals surface area contributed by atoms with E-state index in [1.807, 2.05) is 0 Å². The van der Waals surface area contributed by atoms with Crippen LogP contribution in [-0.4, -0.2) is 20.9 Å². The highest BCUT2D eigenvalue weighted by atomic mass is 19.4. The molecule has 43 heavy (non-hydrogen) atoms. The van der Waals surface area contributed by atoms with Crippen LogP contribution in [0.15, 0.2) is 91.5 Å². The van der Waals surface area contributed by atoms with E-state index in [-0.39, 0.29) is 33.8 Å². The van der Waals surface area contributed by atoms with Gasteiger partial charge in [-0.1, -0.05) is 36.4 Å². The Morgan fingerprint density at radius 3 is 1.95 bits per heavy atom. The Morgan fingerprint density at radius 1 is 0.744 bits per heavy atom. The number of amides is 1. The molecule has 218 valence electrons. The molecular formula is C31H21F6N5O. The van der Waals surface area contributed by atoms with E-state index < -0.39 is 40.5 Å². The number of aromatic nitrogens is 3. The summed E-state index contributed by atoms with van der Waals surface area (Å²) in [4.78, 5) is 25.3. The van der Waals surface area contributed by atoms with E-state index in [1.165, 1.54) is 62.0 Å². The number of nitrogens with zero attached hydrogens (tertiary/aromatic N) is 3. The fraction of sp³-hybridized carbons (Fsp3) is 0.0968. The highest BCUT2D eigenvalue weighted by molar-refractivity contribution is 6.07. The Labute approximate surface area is 241 Å². The number of anilines is 2. The summed E-state index contributed by atoms with van der Waals surface area (Å²) in [6.45, 7) is 1.45. The predicted octanol–water partition coefficient (Wildman–Crippen LogP) is 8.06. The summed E-state index contributed by atoms with van der Waals surface area (Å²) in [5.74, 6) is -1.02. The van der Waals surface area contributed by atoms with Gasteiger partial charge in [-0.05, 0) is 65.6 Å². The van der Waals surface area contributed by atoms with E-state index in [4.69, 9.17) is 5.73 Å². The molecule has 0 spiro atoms. The van der Waals surface area contributed by atoms with Gasteiger partial charge in [0.05, 0.1) is 22.5 Å². The number of primary amides is 1. The van der Waals surface area contributed by atoms with Crippen molar-refractivity contribution in [3.05, 3.63) is 114 Å². The van der Waals surface area contributed by atoms with Crippen molar-refractivity contribution in [3.63, 3.8) is 0 Å². The molecule has 3 aromatic carbocycles. The normalized spacial score (nSPS) is 11.8. The van der Waals surface area contributed by atoms with Crippen LogP contribution >= 0.6 is 0 Å². The van der Waals surface area contributed by atoms with Crippen molar-refractivity contribution in [2.45, 2.75) is 19.3 Å². The first-order valence-electron chi connectivity index (χ1n) is 12.7. The summed E-state index contributed by atoms with van der Waals surface area (Å²) in [7, 11) is 0. The highest BCUT2D eigenvalue weighted by Crippen LogP contribution is 2.47. The van der Waals surface area contributed by atoms with Gasteiger partial charge in [0, 0.05) is 29.1 Å². The van der Waals surface area contributed by atoms with Crippen molar-refractivity contribution in [1.82, 2.24) is 15.0 Å². The molecule has 1 amide bonds. The Morgan fingerprint density at radius 2 is 1.35 bits per heavy atom. The van der Waals surface area contributed by atoms with Crippen molar-refractivity contribution in [3.8, 4) is 33.5 Å². The predicted molar refractivity (Wildman–Crippen MR) is 149 cm³/mol. The summed E-state index contributed by atoms with van der Waals surface area (Å²) in [6.07, 6.45) is -5.41. The van der Waals surface area contributed by atoms with Crippen molar-refractivity contribution in [1.29, 1.82) is 0 Å². The monoisotopic (exact) mass is 593 g/mol. The van der Waals surface area contributed by atoms with Gasteiger partial charge in [-0.15, -0.1) is 0 Å². The zero-order valence-corrected chi connectivity index (χ0v) is 22.3. The molecule has 0 saturated heterocycles. The molecule has 0 aliphatic carbocycles. The van der Waals surface area contributed by atoms with Crippen LogP contribution in [0.2, 0.25) is 0 Å². The molecule has 12 heteroatoms. The molecule has 0 bridgehead atoms. The average Bonchev–Trinajstić information content (AvgIpc) is 2.98. The third kappa shape index (κ3) is 5.76.